The van der Waals surface area contributed by atoms with Crippen LogP contribution in [-0.2, 0) is 6.54 Å². The number of carboxylic acid groups (broad SMARTS) is 1. The van der Waals surface area contributed by atoms with Crippen molar-refractivity contribution in [2.24, 2.45) is 0 Å². The van der Waals surface area contributed by atoms with Crippen molar-refractivity contribution in [3.8, 4) is 0 Å². The Bertz CT molecular complexity index is 535. The predicted octanol–water partition coefficient (Wildman–Crippen LogP) is 3.71. The van der Waals surface area contributed by atoms with Crippen molar-refractivity contribution in [2.75, 3.05) is 0 Å². The number of aromatic carboxylic acids is 1. The molecule has 16 heavy (non-hydrogen) atoms. The Morgan fingerprint density at radius 3 is 2.88 bits per heavy atom. The third-order valence-electron chi connectivity index (χ3n) is 2.03. The van der Waals surface area contributed by atoms with Gasteiger partial charge in [-0.25, -0.2) is 4.79 Å². The molecule has 0 aliphatic carbocycles. The highest BCUT2D eigenvalue weighted by molar-refractivity contribution is 9.10. The third-order valence-corrected chi connectivity index (χ3v) is 3.92. The van der Waals surface area contributed by atoms with Crippen molar-refractivity contribution in [1.82, 2.24) is 4.57 Å². The highest BCUT2D eigenvalue weighted by atomic mass is 79.9. The van der Waals surface area contributed by atoms with Crippen molar-refractivity contribution < 1.29 is 9.90 Å². The number of hydrogen-bond acceptors (Lipinski definition) is 2. The molecule has 0 radical (unpaired) electrons. The first kappa shape index (κ1) is 11.7. The second-order valence-corrected chi connectivity index (χ2v) is 5.56. The Balaban J connectivity index is 2.30. The standard InChI is InChI=1S/C10H7BrClNO2S/c11-6-1-8(16-5-6)4-13-3-7(12)2-9(13)10(14)15/h1-3,5H,4H2,(H,14,15). The maximum Gasteiger partial charge on any atom is 0.352 e. The minimum absolute atomic E-state index is 0.203. The minimum Gasteiger partial charge on any atom is -0.477 e. The number of carbonyl (C=O) groups is 1. The maximum atomic E-state index is 10.9. The van der Waals surface area contributed by atoms with Gasteiger partial charge >= 0.3 is 5.97 Å². The zero-order valence-corrected chi connectivity index (χ0v) is 11.1. The van der Waals surface area contributed by atoms with Gasteiger partial charge in [-0.1, -0.05) is 11.6 Å². The van der Waals surface area contributed by atoms with Crippen LogP contribution >= 0.6 is 38.9 Å². The number of nitrogens with zero attached hydrogens (tertiary/aromatic N) is 1. The van der Waals surface area contributed by atoms with E-state index in [2.05, 4.69) is 15.9 Å². The molecule has 0 aliphatic heterocycles. The molecular weight excluding hydrogens is 314 g/mol. The second kappa shape index (κ2) is 4.61. The summed E-state index contributed by atoms with van der Waals surface area (Å²) in [5.41, 5.74) is 0.203. The average Bonchev–Trinajstić information content (AvgIpc) is 2.74. The zero-order chi connectivity index (χ0) is 11.7. The number of carboxylic acids is 1. The molecule has 0 unspecified atom stereocenters. The summed E-state index contributed by atoms with van der Waals surface area (Å²) in [5, 5.41) is 11.4. The molecule has 0 bridgehead atoms. The van der Waals surface area contributed by atoms with Gasteiger partial charge in [-0.3, -0.25) is 0 Å². The van der Waals surface area contributed by atoms with Crippen LogP contribution in [0, 0.1) is 0 Å². The van der Waals surface area contributed by atoms with E-state index in [9.17, 15) is 4.79 Å². The van der Waals surface area contributed by atoms with Gasteiger partial charge in [0.1, 0.15) is 5.69 Å². The molecule has 2 aromatic rings. The molecular formula is C10H7BrClNO2S. The minimum atomic E-state index is -0.970. The first-order valence-corrected chi connectivity index (χ1v) is 6.43. The summed E-state index contributed by atoms with van der Waals surface area (Å²) in [6.07, 6.45) is 1.62. The molecule has 84 valence electrons. The third kappa shape index (κ3) is 2.48. The summed E-state index contributed by atoms with van der Waals surface area (Å²) >= 11 is 10.7. The monoisotopic (exact) mass is 319 g/mol. The van der Waals surface area contributed by atoms with Gasteiger partial charge in [0.05, 0.1) is 11.6 Å². The Morgan fingerprint density at radius 2 is 2.31 bits per heavy atom. The van der Waals surface area contributed by atoms with Gasteiger partial charge in [0.2, 0.25) is 0 Å². The van der Waals surface area contributed by atoms with Crippen LogP contribution in [0.5, 0.6) is 0 Å². The molecule has 2 aromatic heterocycles. The lowest BCUT2D eigenvalue weighted by atomic mass is 10.4. The lowest BCUT2D eigenvalue weighted by molar-refractivity contribution is 0.0686. The average molecular weight is 321 g/mol. The van der Waals surface area contributed by atoms with E-state index in [1.165, 1.54) is 6.07 Å². The number of hydrogen-bond donors (Lipinski definition) is 1. The molecule has 0 spiro atoms. The lowest BCUT2D eigenvalue weighted by Gasteiger charge is -2.03. The van der Waals surface area contributed by atoms with Crippen LogP contribution in [0.25, 0.3) is 0 Å². The Morgan fingerprint density at radius 1 is 1.56 bits per heavy atom. The lowest BCUT2D eigenvalue weighted by Crippen LogP contribution is -2.07. The number of aromatic nitrogens is 1. The summed E-state index contributed by atoms with van der Waals surface area (Å²) in [5.74, 6) is -0.970. The van der Waals surface area contributed by atoms with Crippen molar-refractivity contribution in [1.29, 1.82) is 0 Å². The summed E-state index contributed by atoms with van der Waals surface area (Å²) in [6, 6.07) is 3.41. The number of thiophene rings is 1. The first-order valence-electron chi connectivity index (χ1n) is 4.38. The summed E-state index contributed by atoms with van der Waals surface area (Å²) < 4.78 is 2.63. The van der Waals surface area contributed by atoms with Crippen LogP contribution in [0.15, 0.2) is 28.2 Å². The highest BCUT2D eigenvalue weighted by Crippen LogP contribution is 2.22. The molecule has 0 amide bonds. The molecule has 0 saturated heterocycles. The van der Waals surface area contributed by atoms with Crippen LogP contribution < -0.4 is 0 Å². The van der Waals surface area contributed by atoms with Gasteiger partial charge in [0.15, 0.2) is 0 Å². The summed E-state index contributed by atoms with van der Waals surface area (Å²) in [7, 11) is 0. The molecule has 0 fully saturated rings. The molecule has 6 heteroatoms. The van der Waals surface area contributed by atoms with Gasteiger partial charge in [0.25, 0.3) is 0 Å². The molecule has 0 atom stereocenters. The molecule has 2 heterocycles. The number of halogens is 2. The maximum absolute atomic E-state index is 10.9. The Labute approximate surface area is 109 Å². The second-order valence-electron chi connectivity index (χ2n) is 3.21. The van der Waals surface area contributed by atoms with E-state index < -0.39 is 5.97 Å². The molecule has 1 N–H and O–H groups in total. The molecule has 0 aromatic carbocycles. The van der Waals surface area contributed by atoms with Gasteiger partial charge < -0.3 is 9.67 Å². The normalized spacial score (nSPS) is 10.6. The molecule has 2 rings (SSSR count). The van der Waals surface area contributed by atoms with Crippen LogP contribution in [0.2, 0.25) is 5.02 Å². The topological polar surface area (TPSA) is 42.2 Å². The van der Waals surface area contributed by atoms with Crippen molar-refractivity contribution in [2.45, 2.75) is 6.54 Å². The Kier molecular flexibility index (Phi) is 3.37. The predicted molar refractivity (Wildman–Crippen MR) is 67.5 cm³/mol. The smallest absolute Gasteiger partial charge is 0.352 e. The van der Waals surface area contributed by atoms with Crippen molar-refractivity contribution >= 4 is 44.8 Å². The van der Waals surface area contributed by atoms with E-state index in [1.54, 1.807) is 22.1 Å². The SMILES string of the molecule is O=C(O)c1cc(Cl)cn1Cc1cc(Br)cs1. The fourth-order valence-electron chi connectivity index (χ4n) is 1.39. The Hall–Kier alpha value is -0.780. The summed E-state index contributed by atoms with van der Waals surface area (Å²) in [6.45, 7) is 0.518. The largest absolute Gasteiger partial charge is 0.477 e. The fourth-order valence-corrected chi connectivity index (χ4v) is 3.06. The van der Waals surface area contributed by atoms with Crippen molar-refractivity contribution in [3.63, 3.8) is 0 Å². The van der Waals surface area contributed by atoms with Gasteiger partial charge in [-0.05, 0) is 28.1 Å². The zero-order valence-electron chi connectivity index (χ0n) is 7.98. The quantitative estimate of drug-likeness (QED) is 0.936. The van der Waals surface area contributed by atoms with Crippen LogP contribution in [0.1, 0.15) is 15.4 Å². The van der Waals surface area contributed by atoms with E-state index in [-0.39, 0.29) is 5.69 Å². The highest BCUT2D eigenvalue weighted by Gasteiger charge is 2.12. The number of rotatable bonds is 3. The van der Waals surface area contributed by atoms with Gasteiger partial charge in [-0.2, -0.15) is 0 Å². The van der Waals surface area contributed by atoms with E-state index in [0.717, 1.165) is 9.35 Å². The van der Waals surface area contributed by atoms with E-state index in [1.807, 2.05) is 11.4 Å². The van der Waals surface area contributed by atoms with Crippen LogP contribution in [-0.4, -0.2) is 15.6 Å². The fraction of sp³-hybridized carbons (Fsp3) is 0.100. The van der Waals surface area contributed by atoms with Gasteiger partial charge in [0, 0.05) is 20.9 Å². The van der Waals surface area contributed by atoms with Crippen LogP contribution in [0.3, 0.4) is 0 Å². The van der Waals surface area contributed by atoms with E-state index in [0.29, 0.717) is 11.6 Å². The first-order chi connectivity index (χ1) is 7.56. The molecule has 0 aliphatic rings. The molecule has 0 saturated carbocycles. The van der Waals surface area contributed by atoms with E-state index >= 15 is 0 Å². The van der Waals surface area contributed by atoms with Crippen molar-refractivity contribution in [3.05, 3.63) is 43.8 Å². The molecule has 3 nitrogen and oxygen atoms in total. The van der Waals surface area contributed by atoms with Gasteiger partial charge in [-0.15, -0.1) is 11.3 Å². The summed E-state index contributed by atoms with van der Waals surface area (Å²) in [4.78, 5) is 12.0. The van der Waals surface area contributed by atoms with Crippen LogP contribution in [0.4, 0.5) is 0 Å². The van der Waals surface area contributed by atoms with E-state index in [4.69, 9.17) is 16.7 Å².